The molecule has 1 aromatic carbocycles. The Morgan fingerprint density at radius 2 is 2.09 bits per heavy atom. The largest absolute Gasteiger partial charge is 0.463 e. The highest BCUT2D eigenvalue weighted by Crippen LogP contribution is 2.17. The normalized spacial score (nSPS) is 17.2. The molecular formula is C16H17N3O4. The molecule has 0 saturated carbocycles. The van der Waals surface area contributed by atoms with Gasteiger partial charge in [0.2, 0.25) is 6.10 Å². The van der Waals surface area contributed by atoms with Gasteiger partial charge in [-0.15, -0.1) is 5.10 Å². The Morgan fingerprint density at radius 3 is 2.74 bits per heavy atom. The number of esters is 2. The van der Waals surface area contributed by atoms with Gasteiger partial charge in [-0.2, -0.15) is 9.90 Å². The highest BCUT2D eigenvalue weighted by molar-refractivity contribution is 5.90. The lowest BCUT2D eigenvalue weighted by molar-refractivity contribution is -0.145. The fourth-order valence-electron chi connectivity index (χ4n) is 2.47. The molecule has 1 aromatic heterocycles. The summed E-state index contributed by atoms with van der Waals surface area (Å²) in [4.78, 5) is 25.0. The maximum atomic E-state index is 12.2. The van der Waals surface area contributed by atoms with E-state index in [1.807, 2.05) is 32.0 Å². The number of carbonyl (C=O) groups excluding carboxylic acids is 2. The average molecular weight is 315 g/mol. The van der Waals surface area contributed by atoms with Gasteiger partial charge in [-0.25, -0.2) is 9.59 Å². The summed E-state index contributed by atoms with van der Waals surface area (Å²) in [6.07, 6.45) is -0.484. The summed E-state index contributed by atoms with van der Waals surface area (Å²) in [5, 5.41) is 8.49. The summed E-state index contributed by atoms with van der Waals surface area (Å²) in [5.74, 6) is -1.18. The van der Waals surface area contributed by atoms with Gasteiger partial charge in [0.1, 0.15) is 0 Å². The van der Waals surface area contributed by atoms with Gasteiger partial charge in [0.25, 0.3) is 0 Å². The minimum absolute atomic E-state index is 0.102. The number of hydrogen-bond donors (Lipinski definition) is 0. The minimum atomic E-state index is -0.854. The highest BCUT2D eigenvalue weighted by Gasteiger charge is 2.32. The van der Waals surface area contributed by atoms with E-state index in [0.717, 1.165) is 16.8 Å². The van der Waals surface area contributed by atoms with Gasteiger partial charge in [-0.3, -0.25) is 0 Å². The molecule has 1 fully saturated rings. The number of ether oxygens (including phenoxy) is 2. The van der Waals surface area contributed by atoms with Crippen molar-refractivity contribution in [2.24, 2.45) is 0 Å². The Bertz CT molecular complexity index is 782. The van der Waals surface area contributed by atoms with Gasteiger partial charge in [-0.1, -0.05) is 17.7 Å². The summed E-state index contributed by atoms with van der Waals surface area (Å²) < 4.78 is 9.94. The second-order valence-electron chi connectivity index (χ2n) is 5.56. The number of carbonyl (C=O) groups is 2. The zero-order valence-corrected chi connectivity index (χ0v) is 13.2. The molecule has 0 radical (unpaired) electrons. The fourth-order valence-corrected chi connectivity index (χ4v) is 2.47. The van der Waals surface area contributed by atoms with E-state index in [0.29, 0.717) is 12.1 Å². The Balaban J connectivity index is 1.85. The molecule has 120 valence electrons. The molecule has 0 amide bonds. The Morgan fingerprint density at radius 1 is 1.30 bits per heavy atom. The lowest BCUT2D eigenvalue weighted by atomic mass is 10.1. The van der Waals surface area contributed by atoms with Crippen molar-refractivity contribution in [3.8, 4) is 5.69 Å². The molecule has 0 N–H and O–H groups in total. The van der Waals surface area contributed by atoms with Crippen LogP contribution in [0, 0.1) is 20.8 Å². The molecule has 7 nitrogen and oxygen atoms in total. The van der Waals surface area contributed by atoms with Crippen LogP contribution >= 0.6 is 0 Å². The van der Waals surface area contributed by atoms with Crippen molar-refractivity contribution in [3.63, 3.8) is 0 Å². The molecule has 2 heterocycles. The van der Waals surface area contributed by atoms with E-state index in [9.17, 15) is 9.59 Å². The average Bonchev–Trinajstić information content (AvgIpc) is 3.05. The van der Waals surface area contributed by atoms with E-state index in [-0.39, 0.29) is 12.3 Å². The van der Waals surface area contributed by atoms with Crippen LogP contribution in [0.5, 0.6) is 0 Å². The summed E-state index contributed by atoms with van der Waals surface area (Å²) >= 11 is 0. The third-order valence-electron chi connectivity index (χ3n) is 3.68. The SMILES string of the molecule is Cc1ccc(-n2nc(C)c(C(=O)O[C@@H]3CCOC3=O)n2)c(C)c1. The minimum Gasteiger partial charge on any atom is -0.463 e. The second kappa shape index (κ2) is 5.83. The van der Waals surface area contributed by atoms with Crippen molar-refractivity contribution >= 4 is 11.9 Å². The summed E-state index contributed by atoms with van der Waals surface area (Å²) in [5.41, 5.74) is 3.47. The quantitative estimate of drug-likeness (QED) is 0.801. The van der Waals surface area contributed by atoms with Crippen LogP contribution in [-0.4, -0.2) is 39.6 Å². The van der Waals surface area contributed by atoms with E-state index in [1.54, 1.807) is 6.92 Å². The van der Waals surface area contributed by atoms with E-state index in [1.165, 1.54) is 4.80 Å². The zero-order valence-electron chi connectivity index (χ0n) is 13.2. The maximum absolute atomic E-state index is 12.2. The standard InChI is InChI=1S/C16H17N3O4/c1-9-4-5-12(10(2)8-9)19-17-11(3)14(18-19)16(21)23-13-6-7-22-15(13)20/h4-5,8,13H,6-7H2,1-3H3/t13-/m1/s1. The first-order chi connectivity index (χ1) is 11.0. The summed E-state index contributed by atoms with van der Waals surface area (Å²) in [6, 6.07) is 5.86. The van der Waals surface area contributed by atoms with Gasteiger partial charge in [0.15, 0.2) is 5.69 Å². The number of hydrogen-bond acceptors (Lipinski definition) is 6. The predicted molar refractivity (Wildman–Crippen MR) is 80.3 cm³/mol. The van der Waals surface area contributed by atoms with E-state index < -0.39 is 18.0 Å². The molecule has 1 saturated heterocycles. The maximum Gasteiger partial charge on any atom is 0.361 e. The molecule has 0 aliphatic carbocycles. The lowest BCUT2D eigenvalue weighted by Crippen LogP contribution is -2.23. The molecule has 1 aliphatic heterocycles. The molecule has 0 spiro atoms. The molecule has 0 bridgehead atoms. The van der Waals surface area contributed by atoms with Crippen molar-refractivity contribution in [2.45, 2.75) is 33.3 Å². The number of aryl methyl sites for hydroxylation is 3. The summed E-state index contributed by atoms with van der Waals surface area (Å²) in [7, 11) is 0. The van der Waals surface area contributed by atoms with Crippen LogP contribution in [0.15, 0.2) is 18.2 Å². The van der Waals surface area contributed by atoms with Crippen LogP contribution < -0.4 is 0 Å². The molecule has 23 heavy (non-hydrogen) atoms. The second-order valence-corrected chi connectivity index (χ2v) is 5.56. The van der Waals surface area contributed by atoms with Crippen molar-refractivity contribution < 1.29 is 19.1 Å². The number of nitrogens with zero attached hydrogens (tertiary/aromatic N) is 3. The van der Waals surface area contributed by atoms with Gasteiger partial charge < -0.3 is 9.47 Å². The summed E-state index contributed by atoms with van der Waals surface area (Å²) in [6.45, 7) is 5.90. The lowest BCUT2D eigenvalue weighted by Gasteiger charge is -2.06. The van der Waals surface area contributed by atoms with Gasteiger partial charge in [0.05, 0.1) is 18.0 Å². The molecule has 1 atom stereocenters. The first kappa shape index (κ1) is 15.2. The van der Waals surface area contributed by atoms with Gasteiger partial charge in [0, 0.05) is 6.42 Å². The van der Waals surface area contributed by atoms with E-state index in [2.05, 4.69) is 10.2 Å². The Hall–Kier alpha value is -2.70. The predicted octanol–water partition coefficient (Wildman–Crippen LogP) is 1.66. The van der Waals surface area contributed by atoms with E-state index >= 15 is 0 Å². The van der Waals surface area contributed by atoms with Gasteiger partial charge in [-0.05, 0) is 32.4 Å². The number of cyclic esters (lactones) is 1. The smallest absolute Gasteiger partial charge is 0.361 e. The van der Waals surface area contributed by atoms with Crippen molar-refractivity contribution in [2.75, 3.05) is 6.61 Å². The van der Waals surface area contributed by atoms with Crippen LogP contribution in [0.1, 0.15) is 33.7 Å². The fraction of sp³-hybridized carbons (Fsp3) is 0.375. The van der Waals surface area contributed by atoms with Crippen LogP contribution in [0.2, 0.25) is 0 Å². The monoisotopic (exact) mass is 315 g/mol. The molecule has 3 rings (SSSR count). The number of aromatic nitrogens is 3. The number of benzene rings is 1. The highest BCUT2D eigenvalue weighted by atomic mass is 16.6. The van der Waals surface area contributed by atoms with E-state index in [4.69, 9.17) is 9.47 Å². The molecule has 0 unspecified atom stereocenters. The molecular weight excluding hydrogens is 298 g/mol. The topological polar surface area (TPSA) is 83.3 Å². The Labute approximate surface area is 133 Å². The van der Waals surface area contributed by atoms with Crippen LogP contribution in [0.3, 0.4) is 0 Å². The first-order valence-electron chi connectivity index (χ1n) is 7.35. The first-order valence-corrected chi connectivity index (χ1v) is 7.35. The zero-order chi connectivity index (χ0) is 16.6. The van der Waals surface area contributed by atoms with Crippen molar-refractivity contribution in [3.05, 3.63) is 40.7 Å². The van der Waals surface area contributed by atoms with Crippen LogP contribution in [-0.2, 0) is 14.3 Å². The third-order valence-corrected chi connectivity index (χ3v) is 3.68. The van der Waals surface area contributed by atoms with Crippen LogP contribution in [0.25, 0.3) is 5.69 Å². The van der Waals surface area contributed by atoms with Crippen LogP contribution in [0.4, 0.5) is 0 Å². The molecule has 7 heteroatoms. The number of rotatable bonds is 3. The molecule has 2 aromatic rings. The van der Waals surface area contributed by atoms with Crippen molar-refractivity contribution in [1.82, 2.24) is 15.0 Å². The third kappa shape index (κ3) is 2.94. The van der Waals surface area contributed by atoms with Gasteiger partial charge >= 0.3 is 11.9 Å². The molecule has 1 aliphatic rings. The Kier molecular flexibility index (Phi) is 3.85. The van der Waals surface area contributed by atoms with Crippen molar-refractivity contribution in [1.29, 1.82) is 0 Å².